The molecule has 0 spiro atoms. The van der Waals surface area contributed by atoms with Crippen LogP contribution in [0.15, 0.2) is 36.4 Å². The van der Waals surface area contributed by atoms with E-state index in [-0.39, 0.29) is 18.4 Å². The third kappa shape index (κ3) is 4.69. The number of ether oxygens (including phenoxy) is 1. The van der Waals surface area contributed by atoms with Crippen molar-refractivity contribution in [3.8, 4) is 5.75 Å². The molecule has 1 aliphatic heterocycles. The van der Waals surface area contributed by atoms with E-state index in [0.29, 0.717) is 25.4 Å². The maximum atomic E-state index is 13.1. The average Bonchev–Trinajstić information content (AvgIpc) is 2.62. The zero-order valence-electron chi connectivity index (χ0n) is 14.6. The number of carboxylic acids is 1. The van der Waals surface area contributed by atoms with Crippen molar-refractivity contribution in [1.29, 1.82) is 0 Å². The number of benzene rings is 2. The van der Waals surface area contributed by atoms with Gasteiger partial charge in [0.25, 0.3) is 5.92 Å². The van der Waals surface area contributed by atoms with Crippen LogP contribution < -0.4 is 4.74 Å². The Hall–Kier alpha value is -2.21. The second-order valence-electron chi connectivity index (χ2n) is 6.75. The molecule has 0 aromatic heterocycles. The van der Waals surface area contributed by atoms with Gasteiger partial charge in [-0.1, -0.05) is 24.3 Å². The van der Waals surface area contributed by atoms with E-state index in [1.165, 1.54) is 0 Å². The summed E-state index contributed by atoms with van der Waals surface area (Å²) in [6, 6.07) is 10.9. The largest absolute Gasteiger partial charge is 0.493 e. The van der Waals surface area contributed by atoms with Crippen molar-refractivity contribution in [2.45, 2.75) is 31.6 Å². The standard InChI is InChI=1S/C20H23F2NO3/c21-20(22)7-10-23(11-8-20)9-3-4-12-26-18-14-16-6-2-1-5-15(16)13-17(18)19(24)25/h1-2,5-6,13-14H,3-4,7-12H2,(H,24,25). The summed E-state index contributed by atoms with van der Waals surface area (Å²) in [5.41, 5.74) is 0.155. The number of halogens is 2. The van der Waals surface area contributed by atoms with Crippen LogP contribution in [0.3, 0.4) is 0 Å². The van der Waals surface area contributed by atoms with Gasteiger partial charge in [-0.3, -0.25) is 0 Å². The third-order valence-electron chi connectivity index (χ3n) is 4.79. The molecule has 1 fully saturated rings. The zero-order chi connectivity index (χ0) is 18.6. The molecule has 2 aromatic rings. The Labute approximate surface area is 151 Å². The van der Waals surface area contributed by atoms with Crippen molar-refractivity contribution in [3.63, 3.8) is 0 Å². The molecule has 0 aliphatic carbocycles. The Morgan fingerprint density at radius 3 is 2.42 bits per heavy atom. The number of aromatic carboxylic acids is 1. The van der Waals surface area contributed by atoms with Crippen molar-refractivity contribution < 1.29 is 23.4 Å². The second-order valence-corrected chi connectivity index (χ2v) is 6.75. The lowest BCUT2D eigenvalue weighted by Gasteiger charge is -2.31. The van der Waals surface area contributed by atoms with E-state index in [9.17, 15) is 18.7 Å². The van der Waals surface area contributed by atoms with Crippen LogP contribution in [0.5, 0.6) is 5.75 Å². The van der Waals surface area contributed by atoms with E-state index >= 15 is 0 Å². The minimum absolute atomic E-state index is 0.0669. The molecular formula is C20H23F2NO3. The minimum atomic E-state index is -2.51. The fraction of sp³-hybridized carbons (Fsp3) is 0.450. The number of hydrogen-bond donors (Lipinski definition) is 1. The molecule has 0 saturated carbocycles. The number of alkyl halides is 2. The van der Waals surface area contributed by atoms with Gasteiger partial charge < -0.3 is 14.7 Å². The molecule has 6 heteroatoms. The first-order chi connectivity index (χ1) is 12.4. The van der Waals surface area contributed by atoms with Gasteiger partial charge in [0.05, 0.1) is 6.61 Å². The van der Waals surface area contributed by atoms with Crippen LogP contribution in [0.25, 0.3) is 10.8 Å². The molecule has 140 valence electrons. The summed E-state index contributed by atoms with van der Waals surface area (Å²) in [5.74, 6) is -3.16. The molecule has 1 saturated heterocycles. The highest BCUT2D eigenvalue weighted by atomic mass is 19.3. The van der Waals surface area contributed by atoms with Crippen LogP contribution >= 0.6 is 0 Å². The molecule has 3 rings (SSSR count). The molecule has 0 radical (unpaired) electrons. The van der Waals surface area contributed by atoms with Crippen molar-refractivity contribution in [3.05, 3.63) is 42.0 Å². The minimum Gasteiger partial charge on any atom is -0.493 e. The smallest absolute Gasteiger partial charge is 0.339 e. The lowest BCUT2D eigenvalue weighted by atomic mass is 10.1. The van der Waals surface area contributed by atoms with Crippen LogP contribution in [-0.4, -0.2) is 48.1 Å². The van der Waals surface area contributed by atoms with E-state index in [1.54, 1.807) is 12.1 Å². The van der Waals surface area contributed by atoms with Gasteiger partial charge in [-0.15, -0.1) is 0 Å². The molecule has 2 aromatic carbocycles. The van der Waals surface area contributed by atoms with Gasteiger partial charge in [-0.25, -0.2) is 13.6 Å². The predicted molar refractivity (Wildman–Crippen MR) is 96.3 cm³/mol. The number of rotatable bonds is 7. The molecule has 0 unspecified atom stereocenters. The van der Waals surface area contributed by atoms with Gasteiger partial charge in [0.15, 0.2) is 0 Å². The first kappa shape index (κ1) is 18.6. The monoisotopic (exact) mass is 363 g/mol. The molecule has 26 heavy (non-hydrogen) atoms. The molecule has 1 aliphatic rings. The Morgan fingerprint density at radius 1 is 1.12 bits per heavy atom. The maximum Gasteiger partial charge on any atom is 0.339 e. The number of likely N-dealkylation sites (tertiary alicyclic amines) is 1. The highest BCUT2D eigenvalue weighted by Gasteiger charge is 2.33. The number of carboxylic acid groups (broad SMARTS) is 1. The number of carbonyl (C=O) groups is 1. The third-order valence-corrected chi connectivity index (χ3v) is 4.79. The van der Waals surface area contributed by atoms with Crippen molar-refractivity contribution >= 4 is 16.7 Å². The number of fused-ring (bicyclic) bond motifs is 1. The average molecular weight is 363 g/mol. The lowest BCUT2D eigenvalue weighted by Crippen LogP contribution is -2.39. The number of unbranched alkanes of at least 4 members (excludes halogenated alkanes) is 1. The maximum absolute atomic E-state index is 13.1. The first-order valence-electron chi connectivity index (χ1n) is 8.94. The second kappa shape index (κ2) is 7.99. The van der Waals surface area contributed by atoms with Gasteiger partial charge in [0.2, 0.25) is 0 Å². The van der Waals surface area contributed by atoms with Crippen LogP contribution in [0.2, 0.25) is 0 Å². The van der Waals surface area contributed by atoms with Gasteiger partial charge in [0.1, 0.15) is 11.3 Å². The van der Waals surface area contributed by atoms with Crippen LogP contribution in [0, 0.1) is 0 Å². The summed E-state index contributed by atoms with van der Waals surface area (Å²) in [4.78, 5) is 13.5. The zero-order valence-corrected chi connectivity index (χ0v) is 14.6. The summed E-state index contributed by atoms with van der Waals surface area (Å²) in [6.07, 6.45) is 1.45. The molecule has 1 heterocycles. The number of nitrogens with zero attached hydrogens (tertiary/aromatic N) is 1. The Morgan fingerprint density at radius 2 is 1.77 bits per heavy atom. The lowest BCUT2D eigenvalue weighted by molar-refractivity contribution is -0.0553. The quantitative estimate of drug-likeness (QED) is 0.740. The van der Waals surface area contributed by atoms with E-state index in [0.717, 1.165) is 30.2 Å². The van der Waals surface area contributed by atoms with Crippen LogP contribution in [-0.2, 0) is 0 Å². The Kier molecular flexibility index (Phi) is 5.71. The Balaban J connectivity index is 1.50. The SMILES string of the molecule is O=C(O)c1cc2ccccc2cc1OCCCCN1CCC(F)(F)CC1. The summed E-state index contributed by atoms with van der Waals surface area (Å²) < 4.78 is 32.0. The number of piperidine rings is 1. The first-order valence-corrected chi connectivity index (χ1v) is 8.94. The topological polar surface area (TPSA) is 49.8 Å². The summed E-state index contributed by atoms with van der Waals surface area (Å²) in [6.45, 7) is 2.04. The molecule has 0 bridgehead atoms. The highest BCUT2D eigenvalue weighted by molar-refractivity contribution is 5.97. The Bertz CT molecular complexity index is 769. The predicted octanol–water partition coefficient (Wildman–Crippen LogP) is 4.43. The van der Waals surface area contributed by atoms with Gasteiger partial charge in [-0.2, -0.15) is 0 Å². The van der Waals surface area contributed by atoms with Gasteiger partial charge in [-0.05, 0) is 42.3 Å². The molecular weight excluding hydrogens is 340 g/mol. The van der Waals surface area contributed by atoms with E-state index < -0.39 is 11.9 Å². The summed E-state index contributed by atoms with van der Waals surface area (Å²) in [5, 5.41) is 11.2. The van der Waals surface area contributed by atoms with Crippen molar-refractivity contribution in [2.75, 3.05) is 26.2 Å². The van der Waals surface area contributed by atoms with E-state index in [4.69, 9.17) is 4.74 Å². The van der Waals surface area contributed by atoms with Crippen molar-refractivity contribution in [1.82, 2.24) is 4.90 Å². The summed E-state index contributed by atoms with van der Waals surface area (Å²) in [7, 11) is 0. The molecule has 1 N–H and O–H groups in total. The number of hydrogen-bond acceptors (Lipinski definition) is 3. The van der Waals surface area contributed by atoms with Gasteiger partial charge in [0, 0.05) is 25.9 Å². The van der Waals surface area contributed by atoms with E-state index in [2.05, 4.69) is 4.90 Å². The highest BCUT2D eigenvalue weighted by Crippen LogP contribution is 2.28. The fourth-order valence-electron chi connectivity index (χ4n) is 3.23. The fourth-order valence-corrected chi connectivity index (χ4v) is 3.23. The van der Waals surface area contributed by atoms with Crippen molar-refractivity contribution in [2.24, 2.45) is 0 Å². The normalized spacial score (nSPS) is 17.3. The molecule has 0 amide bonds. The molecule has 4 nitrogen and oxygen atoms in total. The summed E-state index contributed by atoms with van der Waals surface area (Å²) >= 11 is 0. The van der Waals surface area contributed by atoms with Gasteiger partial charge >= 0.3 is 5.97 Å². The molecule has 0 atom stereocenters. The van der Waals surface area contributed by atoms with Crippen LogP contribution in [0.1, 0.15) is 36.0 Å². The van der Waals surface area contributed by atoms with Crippen LogP contribution in [0.4, 0.5) is 8.78 Å². The van der Waals surface area contributed by atoms with E-state index in [1.807, 2.05) is 24.3 Å².